The molecule has 0 unspecified atom stereocenters. The van der Waals surface area contributed by atoms with Crippen molar-refractivity contribution in [3.8, 4) is 0 Å². The highest BCUT2D eigenvalue weighted by Gasteiger charge is 2.12. The Morgan fingerprint density at radius 1 is 1.20 bits per heavy atom. The van der Waals surface area contributed by atoms with Crippen LogP contribution in [-0.4, -0.2) is 11.1 Å². The molecular weight excluding hydrogens is 244 g/mol. The van der Waals surface area contributed by atoms with Gasteiger partial charge in [0.15, 0.2) is 0 Å². The number of fused-ring (bicyclic) bond motifs is 1. The van der Waals surface area contributed by atoms with Crippen LogP contribution in [0.2, 0.25) is 0 Å². The van der Waals surface area contributed by atoms with Crippen LogP contribution in [0.1, 0.15) is 44.0 Å². The highest BCUT2D eigenvalue weighted by atomic mass is 15.0. The van der Waals surface area contributed by atoms with Crippen molar-refractivity contribution >= 4 is 10.9 Å². The van der Waals surface area contributed by atoms with E-state index in [0.717, 1.165) is 19.6 Å². The first-order chi connectivity index (χ1) is 9.54. The highest BCUT2D eigenvalue weighted by Crippen LogP contribution is 2.27. The van der Waals surface area contributed by atoms with Crippen LogP contribution in [0.4, 0.5) is 0 Å². The first kappa shape index (κ1) is 15.1. The second-order valence-electron chi connectivity index (χ2n) is 6.24. The zero-order chi connectivity index (χ0) is 14.7. The maximum Gasteiger partial charge on any atom is 0.0485 e. The van der Waals surface area contributed by atoms with Crippen molar-refractivity contribution in [3.05, 3.63) is 35.0 Å². The fourth-order valence-electron chi connectivity index (χ4n) is 2.82. The maximum atomic E-state index is 3.48. The Labute approximate surface area is 123 Å². The molecule has 0 aliphatic carbocycles. The second-order valence-corrected chi connectivity index (χ2v) is 6.24. The standard InChI is InChI=1S/C18H28N2/c1-6-9-19-11-16-7-8-18-17(10-16)14(4)15(5)20(18)12-13(2)3/h7-8,10,13,19H,6,9,11-12H2,1-5H3. The van der Waals surface area contributed by atoms with Gasteiger partial charge in [0.1, 0.15) is 0 Å². The lowest BCUT2D eigenvalue weighted by Crippen LogP contribution is -2.13. The monoisotopic (exact) mass is 272 g/mol. The molecule has 2 heteroatoms. The van der Waals surface area contributed by atoms with Gasteiger partial charge in [0.05, 0.1) is 0 Å². The molecule has 0 atom stereocenters. The molecule has 0 aliphatic heterocycles. The second kappa shape index (κ2) is 6.45. The van der Waals surface area contributed by atoms with Gasteiger partial charge >= 0.3 is 0 Å². The minimum absolute atomic E-state index is 0.676. The Kier molecular flexibility index (Phi) is 4.87. The van der Waals surface area contributed by atoms with Crippen molar-refractivity contribution in [1.29, 1.82) is 0 Å². The van der Waals surface area contributed by atoms with Gasteiger partial charge in [-0.15, -0.1) is 0 Å². The van der Waals surface area contributed by atoms with E-state index in [4.69, 9.17) is 0 Å². The largest absolute Gasteiger partial charge is 0.344 e. The van der Waals surface area contributed by atoms with Gasteiger partial charge in [-0.3, -0.25) is 0 Å². The fraction of sp³-hybridized carbons (Fsp3) is 0.556. The van der Waals surface area contributed by atoms with Gasteiger partial charge in [0.25, 0.3) is 0 Å². The average molecular weight is 272 g/mol. The van der Waals surface area contributed by atoms with Gasteiger partial charge in [-0.05, 0) is 56.0 Å². The number of nitrogens with zero attached hydrogens (tertiary/aromatic N) is 1. The predicted octanol–water partition coefficient (Wildman–Crippen LogP) is 4.41. The Balaban J connectivity index is 2.35. The summed E-state index contributed by atoms with van der Waals surface area (Å²) in [6.07, 6.45) is 1.19. The molecule has 0 aliphatic rings. The summed E-state index contributed by atoms with van der Waals surface area (Å²) in [5.41, 5.74) is 5.61. The van der Waals surface area contributed by atoms with E-state index in [9.17, 15) is 0 Å². The summed E-state index contributed by atoms with van der Waals surface area (Å²) in [5.74, 6) is 0.676. The molecular formula is C18H28N2. The number of hydrogen-bond acceptors (Lipinski definition) is 1. The molecule has 1 N–H and O–H groups in total. The van der Waals surface area contributed by atoms with Crippen LogP contribution in [-0.2, 0) is 13.1 Å². The van der Waals surface area contributed by atoms with Crippen molar-refractivity contribution in [2.75, 3.05) is 6.54 Å². The first-order valence-corrected chi connectivity index (χ1v) is 7.83. The number of nitrogens with one attached hydrogen (secondary N) is 1. The third kappa shape index (κ3) is 3.06. The van der Waals surface area contributed by atoms with Gasteiger partial charge < -0.3 is 9.88 Å². The molecule has 0 radical (unpaired) electrons. The zero-order valence-corrected chi connectivity index (χ0v) is 13.6. The van der Waals surface area contributed by atoms with Crippen LogP contribution in [0.5, 0.6) is 0 Å². The van der Waals surface area contributed by atoms with Gasteiger partial charge in [-0.1, -0.05) is 26.8 Å². The Morgan fingerprint density at radius 2 is 1.95 bits per heavy atom. The summed E-state index contributed by atoms with van der Waals surface area (Å²) >= 11 is 0. The van der Waals surface area contributed by atoms with Crippen LogP contribution < -0.4 is 5.32 Å². The number of benzene rings is 1. The maximum absolute atomic E-state index is 3.48. The fourth-order valence-corrected chi connectivity index (χ4v) is 2.82. The molecule has 1 heterocycles. The van der Waals surface area contributed by atoms with Crippen LogP contribution in [0, 0.1) is 19.8 Å². The normalized spacial score (nSPS) is 11.7. The first-order valence-electron chi connectivity index (χ1n) is 7.83. The summed E-state index contributed by atoms with van der Waals surface area (Å²) in [7, 11) is 0. The molecule has 2 nitrogen and oxygen atoms in total. The quantitative estimate of drug-likeness (QED) is 0.771. The molecule has 2 aromatic rings. The third-order valence-electron chi connectivity index (χ3n) is 4.01. The molecule has 0 amide bonds. The number of hydrogen-bond donors (Lipinski definition) is 1. The highest BCUT2D eigenvalue weighted by molar-refractivity contribution is 5.86. The molecule has 0 fully saturated rings. The SMILES string of the molecule is CCCNCc1ccc2c(c1)c(C)c(C)n2CC(C)C. The summed E-state index contributed by atoms with van der Waals surface area (Å²) < 4.78 is 2.47. The van der Waals surface area contributed by atoms with E-state index in [-0.39, 0.29) is 0 Å². The topological polar surface area (TPSA) is 17.0 Å². The lowest BCUT2D eigenvalue weighted by atomic mass is 10.1. The van der Waals surface area contributed by atoms with Crippen LogP contribution in [0.25, 0.3) is 10.9 Å². The molecule has 0 bridgehead atoms. The summed E-state index contributed by atoms with van der Waals surface area (Å²) in [5, 5.41) is 4.90. The molecule has 2 rings (SSSR count). The van der Waals surface area contributed by atoms with E-state index in [1.807, 2.05) is 0 Å². The van der Waals surface area contributed by atoms with Crippen LogP contribution in [0.3, 0.4) is 0 Å². The molecule has 0 spiro atoms. The lowest BCUT2D eigenvalue weighted by Gasteiger charge is -2.11. The Morgan fingerprint density at radius 3 is 2.60 bits per heavy atom. The number of aryl methyl sites for hydroxylation is 1. The minimum atomic E-state index is 0.676. The summed E-state index contributed by atoms with van der Waals surface area (Å²) in [4.78, 5) is 0. The van der Waals surface area contributed by atoms with Crippen molar-refractivity contribution in [1.82, 2.24) is 9.88 Å². The Bertz CT molecular complexity index is 579. The number of aromatic nitrogens is 1. The molecule has 20 heavy (non-hydrogen) atoms. The molecule has 0 saturated carbocycles. The van der Waals surface area contributed by atoms with E-state index in [0.29, 0.717) is 5.92 Å². The van der Waals surface area contributed by atoms with E-state index in [1.54, 1.807) is 0 Å². The van der Waals surface area contributed by atoms with Crippen molar-refractivity contribution in [2.45, 2.75) is 54.1 Å². The lowest BCUT2D eigenvalue weighted by molar-refractivity contribution is 0.527. The molecule has 1 aromatic carbocycles. The van der Waals surface area contributed by atoms with Crippen LogP contribution >= 0.6 is 0 Å². The van der Waals surface area contributed by atoms with Gasteiger partial charge in [0.2, 0.25) is 0 Å². The Hall–Kier alpha value is -1.28. The average Bonchev–Trinajstić information content (AvgIpc) is 2.64. The van der Waals surface area contributed by atoms with E-state index < -0.39 is 0 Å². The minimum Gasteiger partial charge on any atom is -0.344 e. The smallest absolute Gasteiger partial charge is 0.0485 e. The van der Waals surface area contributed by atoms with Gasteiger partial charge in [-0.25, -0.2) is 0 Å². The zero-order valence-electron chi connectivity index (χ0n) is 13.6. The van der Waals surface area contributed by atoms with E-state index >= 15 is 0 Å². The molecule has 0 saturated heterocycles. The van der Waals surface area contributed by atoms with Crippen molar-refractivity contribution in [3.63, 3.8) is 0 Å². The van der Waals surface area contributed by atoms with E-state index in [1.165, 1.54) is 34.1 Å². The van der Waals surface area contributed by atoms with Crippen molar-refractivity contribution in [2.24, 2.45) is 5.92 Å². The number of rotatable bonds is 6. The van der Waals surface area contributed by atoms with Crippen LogP contribution in [0.15, 0.2) is 18.2 Å². The third-order valence-corrected chi connectivity index (χ3v) is 4.01. The van der Waals surface area contributed by atoms with Gasteiger partial charge in [-0.2, -0.15) is 0 Å². The summed E-state index contributed by atoms with van der Waals surface area (Å²) in [6, 6.07) is 6.92. The van der Waals surface area contributed by atoms with E-state index in [2.05, 4.69) is 62.7 Å². The predicted molar refractivity (Wildman–Crippen MR) is 88.2 cm³/mol. The van der Waals surface area contributed by atoms with Gasteiger partial charge in [0, 0.05) is 29.7 Å². The summed E-state index contributed by atoms with van der Waals surface area (Å²) in [6.45, 7) is 14.4. The van der Waals surface area contributed by atoms with Crippen molar-refractivity contribution < 1.29 is 0 Å². The molecule has 110 valence electrons. The molecule has 1 aromatic heterocycles.